The molecule has 98 valence electrons. The summed E-state index contributed by atoms with van der Waals surface area (Å²) in [4.78, 5) is 19.8. The molecule has 4 rings (SSSR count). The summed E-state index contributed by atoms with van der Waals surface area (Å²) in [6.07, 6.45) is 1.86. The number of aryl methyl sites for hydroxylation is 1. The van der Waals surface area contributed by atoms with Gasteiger partial charge in [0, 0.05) is 22.0 Å². The highest BCUT2D eigenvalue weighted by atomic mass is 32.1. The lowest BCUT2D eigenvalue weighted by atomic mass is 10.1. The highest BCUT2D eigenvalue weighted by molar-refractivity contribution is 7.11. The van der Waals surface area contributed by atoms with Crippen molar-refractivity contribution >= 4 is 33.7 Å². The molecule has 0 aliphatic carbocycles. The van der Waals surface area contributed by atoms with Crippen LogP contribution in [0.4, 0.5) is 5.69 Å². The van der Waals surface area contributed by atoms with E-state index in [0.29, 0.717) is 6.54 Å². The van der Waals surface area contributed by atoms with Gasteiger partial charge in [0.25, 0.3) is 5.91 Å². The fraction of sp³-hybridized carbons (Fsp3) is 0.125. The molecule has 0 spiro atoms. The maximum Gasteiger partial charge on any atom is 0.259 e. The largest absolute Gasteiger partial charge is 0.302 e. The average molecular weight is 280 g/mol. The van der Waals surface area contributed by atoms with Gasteiger partial charge in [-0.15, -0.1) is 11.3 Å². The molecular weight excluding hydrogens is 268 g/mol. The van der Waals surface area contributed by atoms with Gasteiger partial charge in [0.2, 0.25) is 0 Å². The molecule has 0 unspecified atom stereocenters. The topological polar surface area (TPSA) is 33.2 Å². The third-order valence-electron chi connectivity index (χ3n) is 3.63. The quantitative estimate of drug-likeness (QED) is 0.716. The molecule has 3 nitrogen and oxygen atoms in total. The maximum absolute atomic E-state index is 12.6. The van der Waals surface area contributed by atoms with Crippen LogP contribution in [0, 0.1) is 6.92 Å². The Kier molecular flexibility index (Phi) is 2.41. The molecule has 0 fully saturated rings. The van der Waals surface area contributed by atoms with E-state index in [-0.39, 0.29) is 5.91 Å². The zero-order valence-electron chi connectivity index (χ0n) is 11.0. The normalized spacial score (nSPS) is 13.4. The SMILES string of the molecule is Cc1ncc(CN2C(=O)c3cccc4cccc2c34)s1. The first-order chi connectivity index (χ1) is 9.74. The third kappa shape index (κ3) is 1.58. The minimum Gasteiger partial charge on any atom is -0.302 e. The van der Waals surface area contributed by atoms with Gasteiger partial charge in [-0.1, -0.05) is 24.3 Å². The Hall–Kier alpha value is -2.20. The second-order valence-corrected chi connectivity index (χ2v) is 6.24. The Balaban J connectivity index is 1.84. The lowest BCUT2D eigenvalue weighted by molar-refractivity contribution is 0.0991. The van der Waals surface area contributed by atoms with Crippen LogP contribution in [0.15, 0.2) is 42.6 Å². The highest BCUT2D eigenvalue weighted by Crippen LogP contribution is 2.38. The van der Waals surface area contributed by atoms with Crippen molar-refractivity contribution in [1.29, 1.82) is 0 Å². The van der Waals surface area contributed by atoms with Crippen LogP contribution < -0.4 is 4.90 Å². The van der Waals surface area contributed by atoms with Gasteiger partial charge in [-0.2, -0.15) is 0 Å². The summed E-state index contributed by atoms with van der Waals surface area (Å²) in [5.74, 6) is 0.0860. The number of rotatable bonds is 2. The van der Waals surface area contributed by atoms with E-state index in [1.165, 1.54) is 0 Å². The van der Waals surface area contributed by atoms with Crippen LogP contribution in [0.3, 0.4) is 0 Å². The molecule has 2 aromatic carbocycles. The number of thiazole rings is 1. The first kappa shape index (κ1) is 11.6. The number of benzene rings is 2. The number of anilines is 1. The van der Waals surface area contributed by atoms with Gasteiger partial charge < -0.3 is 4.90 Å². The van der Waals surface area contributed by atoms with Gasteiger partial charge in [0.15, 0.2) is 0 Å². The monoisotopic (exact) mass is 280 g/mol. The van der Waals surface area contributed by atoms with Crippen LogP contribution in [0.1, 0.15) is 20.2 Å². The summed E-state index contributed by atoms with van der Waals surface area (Å²) in [6.45, 7) is 2.58. The Labute approximate surface area is 120 Å². The number of aromatic nitrogens is 1. The minimum atomic E-state index is 0.0860. The summed E-state index contributed by atoms with van der Waals surface area (Å²) < 4.78 is 0. The Bertz CT molecular complexity index is 832. The molecule has 1 aromatic heterocycles. The lowest BCUT2D eigenvalue weighted by Crippen LogP contribution is -2.25. The van der Waals surface area contributed by atoms with E-state index < -0.39 is 0 Å². The summed E-state index contributed by atoms with van der Waals surface area (Å²) in [5.41, 5.74) is 1.81. The molecule has 0 radical (unpaired) electrons. The van der Waals surface area contributed by atoms with Gasteiger partial charge in [0.05, 0.1) is 17.2 Å². The second-order valence-electron chi connectivity index (χ2n) is 4.92. The van der Waals surface area contributed by atoms with Crippen molar-refractivity contribution in [2.24, 2.45) is 0 Å². The predicted octanol–water partition coefficient (Wildman–Crippen LogP) is 3.77. The van der Waals surface area contributed by atoms with Crippen molar-refractivity contribution in [1.82, 2.24) is 4.98 Å². The maximum atomic E-state index is 12.6. The van der Waals surface area contributed by atoms with E-state index in [9.17, 15) is 4.79 Å². The molecule has 20 heavy (non-hydrogen) atoms. The van der Waals surface area contributed by atoms with Gasteiger partial charge in [-0.25, -0.2) is 4.98 Å². The van der Waals surface area contributed by atoms with Crippen molar-refractivity contribution in [3.05, 3.63) is 58.0 Å². The molecule has 0 saturated heterocycles. The van der Waals surface area contributed by atoms with Crippen molar-refractivity contribution in [2.75, 3.05) is 4.90 Å². The van der Waals surface area contributed by atoms with E-state index in [4.69, 9.17) is 0 Å². The smallest absolute Gasteiger partial charge is 0.259 e. The second kappa shape index (κ2) is 4.15. The van der Waals surface area contributed by atoms with Gasteiger partial charge in [-0.05, 0) is 24.4 Å². The Morgan fingerprint density at radius 2 is 2.00 bits per heavy atom. The van der Waals surface area contributed by atoms with E-state index in [1.807, 2.05) is 42.3 Å². The first-order valence-electron chi connectivity index (χ1n) is 6.49. The average Bonchev–Trinajstić information content (AvgIpc) is 2.98. The molecule has 1 aliphatic heterocycles. The number of amides is 1. The van der Waals surface area contributed by atoms with E-state index in [2.05, 4.69) is 17.1 Å². The highest BCUT2D eigenvalue weighted by Gasteiger charge is 2.29. The number of hydrogen-bond donors (Lipinski definition) is 0. The predicted molar refractivity (Wildman–Crippen MR) is 81.3 cm³/mol. The van der Waals surface area contributed by atoms with Crippen molar-refractivity contribution in [3.63, 3.8) is 0 Å². The zero-order valence-corrected chi connectivity index (χ0v) is 11.8. The standard InChI is InChI=1S/C16H12N2OS/c1-10-17-8-12(20-10)9-18-14-7-3-5-11-4-2-6-13(15(11)14)16(18)19/h2-8H,9H2,1H3. The van der Waals surface area contributed by atoms with Gasteiger partial charge >= 0.3 is 0 Å². The first-order valence-corrected chi connectivity index (χ1v) is 7.30. The van der Waals surface area contributed by atoms with Crippen LogP contribution >= 0.6 is 11.3 Å². The lowest BCUT2D eigenvalue weighted by Gasteiger charge is -2.16. The van der Waals surface area contributed by atoms with Gasteiger partial charge in [0.1, 0.15) is 0 Å². The van der Waals surface area contributed by atoms with Crippen LogP contribution in [0.2, 0.25) is 0 Å². The molecule has 0 bridgehead atoms. The minimum absolute atomic E-state index is 0.0860. The number of nitrogens with zero attached hydrogens (tertiary/aromatic N) is 2. The Morgan fingerprint density at radius 1 is 1.20 bits per heavy atom. The van der Waals surface area contributed by atoms with Crippen molar-refractivity contribution < 1.29 is 4.79 Å². The van der Waals surface area contributed by atoms with Crippen molar-refractivity contribution in [3.8, 4) is 0 Å². The summed E-state index contributed by atoms with van der Waals surface area (Å²) in [7, 11) is 0. The number of hydrogen-bond acceptors (Lipinski definition) is 3. The summed E-state index contributed by atoms with van der Waals surface area (Å²) >= 11 is 1.64. The zero-order chi connectivity index (χ0) is 13.7. The summed E-state index contributed by atoms with van der Waals surface area (Å²) in [6, 6.07) is 12.0. The molecule has 1 aliphatic rings. The molecule has 0 saturated carbocycles. The van der Waals surface area contributed by atoms with E-state index >= 15 is 0 Å². The molecule has 0 N–H and O–H groups in total. The van der Waals surface area contributed by atoms with Crippen LogP contribution in [0.25, 0.3) is 10.8 Å². The summed E-state index contributed by atoms with van der Waals surface area (Å²) in [5, 5.41) is 3.22. The van der Waals surface area contributed by atoms with E-state index in [1.54, 1.807) is 11.3 Å². The fourth-order valence-electron chi connectivity index (χ4n) is 2.77. The number of carbonyl (C=O) groups is 1. The third-order valence-corrected chi connectivity index (χ3v) is 4.53. The van der Waals surface area contributed by atoms with Crippen LogP contribution in [0.5, 0.6) is 0 Å². The van der Waals surface area contributed by atoms with Crippen molar-refractivity contribution in [2.45, 2.75) is 13.5 Å². The molecule has 0 atom stereocenters. The molecule has 3 aromatic rings. The number of carbonyl (C=O) groups excluding carboxylic acids is 1. The molecule has 4 heteroatoms. The molecule has 2 heterocycles. The molecular formula is C16H12N2OS. The Morgan fingerprint density at radius 3 is 2.75 bits per heavy atom. The van der Waals surface area contributed by atoms with Gasteiger partial charge in [-0.3, -0.25) is 4.79 Å². The fourth-order valence-corrected chi connectivity index (χ4v) is 3.55. The van der Waals surface area contributed by atoms with Crippen LogP contribution in [-0.4, -0.2) is 10.9 Å². The van der Waals surface area contributed by atoms with Crippen LogP contribution in [-0.2, 0) is 6.54 Å². The molecule has 1 amide bonds. The van der Waals surface area contributed by atoms with E-state index in [0.717, 1.165) is 31.9 Å².